The lowest BCUT2D eigenvalue weighted by atomic mass is 10.1. The molecule has 2 rings (SSSR count). The van der Waals surface area contributed by atoms with Gasteiger partial charge >= 0.3 is 6.18 Å². The van der Waals surface area contributed by atoms with Crippen LogP contribution in [0.5, 0.6) is 0 Å². The maximum Gasteiger partial charge on any atom is 0.393 e. The van der Waals surface area contributed by atoms with Crippen molar-refractivity contribution in [1.29, 1.82) is 0 Å². The molecular weight excluding hydrogens is 293 g/mol. The summed E-state index contributed by atoms with van der Waals surface area (Å²) in [5, 5.41) is 0. The lowest BCUT2D eigenvalue weighted by molar-refractivity contribution is -0.127. The van der Waals surface area contributed by atoms with Crippen molar-refractivity contribution in [2.75, 3.05) is 13.1 Å². The topological polar surface area (TPSA) is 63.4 Å². The highest BCUT2D eigenvalue weighted by Gasteiger charge is 2.31. The van der Waals surface area contributed by atoms with E-state index in [2.05, 4.69) is 0 Å². The smallest absolute Gasteiger partial charge is 0.326 e. The lowest BCUT2D eigenvalue weighted by Gasteiger charge is -2.16. The zero-order valence-electron chi connectivity index (χ0n) is 10.6. The molecule has 0 spiro atoms. The van der Waals surface area contributed by atoms with Crippen molar-refractivity contribution < 1.29 is 21.6 Å². The fraction of sp³-hybridized carbons (Fsp3) is 0.500. The normalized spacial score (nSPS) is 21.3. The number of sulfonamides is 1. The third-order valence-electron chi connectivity index (χ3n) is 3.15. The van der Waals surface area contributed by atoms with Gasteiger partial charge in [0.1, 0.15) is 0 Å². The largest absolute Gasteiger partial charge is 0.393 e. The predicted molar refractivity (Wildman–Crippen MR) is 67.6 cm³/mol. The summed E-state index contributed by atoms with van der Waals surface area (Å²) < 4.78 is 62.4. The van der Waals surface area contributed by atoms with E-state index in [0.29, 0.717) is 13.0 Å². The van der Waals surface area contributed by atoms with Gasteiger partial charge < -0.3 is 5.73 Å². The van der Waals surface area contributed by atoms with Crippen LogP contribution in [0.1, 0.15) is 12.0 Å². The molecule has 0 aliphatic carbocycles. The van der Waals surface area contributed by atoms with Crippen LogP contribution in [0, 0.1) is 0 Å². The Kier molecular flexibility index (Phi) is 4.08. The molecule has 1 fully saturated rings. The van der Waals surface area contributed by atoms with E-state index >= 15 is 0 Å². The van der Waals surface area contributed by atoms with Crippen molar-refractivity contribution >= 4 is 10.0 Å². The van der Waals surface area contributed by atoms with E-state index in [0.717, 1.165) is 0 Å². The molecule has 2 N–H and O–H groups in total. The Bertz CT molecular complexity index is 569. The monoisotopic (exact) mass is 308 g/mol. The van der Waals surface area contributed by atoms with Crippen molar-refractivity contribution in [3.8, 4) is 0 Å². The van der Waals surface area contributed by atoms with Crippen molar-refractivity contribution in [1.82, 2.24) is 4.31 Å². The van der Waals surface area contributed by atoms with Crippen LogP contribution >= 0.6 is 0 Å². The molecule has 8 heteroatoms. The van der Waals surface area contributed by atoms with Crippen LogP contribution < -0.4 is 5.73 Å². The van der Waals surface area contributed by atoms with Gasteiger partial charge in [-0.15, -0.1) is 0 Å². The summed E-state index contributed by atoms with van der Waals surface area (Å²) in [5.41, 5.74) is 5.70. The average molecular weight is 308 g/mol. The summed E-state index contributed by atoms with van der Waals surface area (Å²) in [7, 11) is -3.66. The van der Waals surface area contributed by atoms with Gasteiger partial charge in [-0.05, 0) is 24.1 Å². The summed E-state index contributed by atoms with van der Waals surface area (Å²) in [6, 6.07) is 4.61. The fourth-order valence-electron chi connectivity index (χ4n) is 2.13. The van der Waals surface area contributed by atoms with Crippen LogP contribution in [0.25, 0.3) is 0 Å². The van der Waals surface area contributed by atoms with Crippen molar-refractivity contribution in [2.45, 2.75) is 30.0 Å². The molecule has 1 saturated heterocycles. The standard InChI is InChI=1S/C12H15F3N2O2S/c13-12(14,15)7-9-1-3-11(4-2-9)20(18,19)17-6-5-10(16)8-17/h1-4,10H,5-8,16H2/t10-/m1/s1. The van der Waals surface area contributed by atoms with Gasteiger partial charge in [0.25, 0.3) is 0 Å². The van der Waals surface area contributed by atoms with Gasteiger partial charge in [-0.25, -0.2) is 8.42 Å². The van der Waals surface area contributed by atoms with Gasteiger partial charge in [0.2, 0.25) is 10.0 Å². The Morgan fingerprint density at radius 2 is 1.85 bits per heavy atom. The zero-order chi connectivity index (χ0) is 15.0. The summed E-state index contributed by atoms with van der Waals surface area (Å²) >= 11 is 0. The predicted octanol–water partition coefficient (Wildman–Crippen LogP) is 1.51. The third kappa shape index (κ3) is 3.50. The molecule has 1 atom stereocenters. The van der Waals surface area contributed by atoms with Gasteiger partial charge in [-0.2, -0.15) is 17.5 Å². The SMILES string of the molecule is N[C@@H]1CCN(S(=O)(=O)c2ccc(CC(F)(F)F)cc2)C1. The Balaban J connectivity index is 2.17. The highest BCUT2D eigenvalue weighted by atomic mass is 32.2. The average Bonchev–Trinajstić information content (AvgIpc) is 2.75. The molecule has 1 aliphatic rings. The van der Waals surface area contributed by atoms with Crippen LogP contribution in [0.2, 0.25) is 0 Å². The first-order valence-electron chi connectivity index (χ1n) is 6.10. The first-order valence-corrected chi connectivity index (χ1v) is 7.54. The minimum absolute atomic E-state index is 0.00229. The second kappa shape index (κ2) is 5.34. The Hall–Kier alpha value is -1.12. The first kappa shape index (κ1) is 15.3. The maximum absolute atomic E-state index is 12.2. The number of alkyl halides is 3. The lowest BCUT2D eigenvalue weighted by Crippen LogP contribution is -2.31. The molecule has 1 aromatic rings. The number of nitrogens with zero attached hydrogens (tertiary/aromatic N) is 1. The van der Waals surface area contributed by atoms with Crippen LogP contribution in [0.4, 0.5) is 13.2 Å². The number of hydrogen-bond acceptors (Lipinski definition) is 3. The third-order valence-corrected chi connectivity index (χ3v) is 5.03. The fourth-order valence-corrected chi connectivity index (χ4v) is 3.64. The highest BCUT2D eigenvalue weighted by molar-refractivity contribution is 7.89. The second-order valence-electron chi connectivity index (χ2n) is 4.85. The van der Waals surface area contributed by atoms with E-state index in [1.54, 1.807) is 0 Å². The number of rotatable bonds is 3. The van der Waals surface area contributed by atoms with Crippen molar-refractivity contribution in [3.05, 3.63) is 29.8 Å². The Morgan fingerprint density at radius 3 is 2.30 bits per heavy atom. The molecule has 112 valence electrons. The number of benzene rings is 1. The summed E-state index contributed by atoms with van der Waals surface area (Å²) in [5.74, 6) is 0. The van der Waals surface area contributed by atoms with Gasteiger partial charge in [0, 0.05) is 19.1 Å². The van der Waals surface area contributed by atoms with Crippen molar-refractivity contribution in [3.63, 3.8) is 0 Å². The minimum Gasteiger partial charge on any atom is -0.326 e. The minimum atomic E-state index is -4.30. The number of nitrogens with two attached hydrogens (primary N) is 1. The van der Waals surface area contributed by atoms with E-state index in [1.165, 1.54) is 28.6 Å². The Labute approximate surface area is 115 Å². The molecule has 1 heterocycles. The summed E-state index contributed by atoms with van der Waals surface area (Å²) in [6.07, 6.45) is -4.78. The van der Waals surface area contributed by atoms with Crippen LogP contribution in [-0.2, 0) is 16.4 Å². The van der Waals surface area contributed by atoms with Crippen molar-refractivity contribution in [2.24, 2.45) is 5.73 Å². The molecule has 20 heavy (non-hydrogen) atoms. The molecule has 0 saturated carbocycles. The molecule has 1 aromatic carbocycles. The van der Waals surface area contributed by atoms with Gasteiger partial charge in [-0.1, -0.05) is 12.1 Å². The quantitative estimate of drug-likeness (QED) is 0.920. The van der Waals surface area contributed by atoms with E-state index < -0.39 is 22.6 Å². The van der Waals surface area contributed by atoms with E-state index in [4.69, 9.17) is 5.73 Å². The second-order valence-corrected chi connectivity index (χ2v) is 6.79. The molecule has 0 bridgehead atoms. The number of halogens is 3. The molecule has 1 aliphatic heterocycles. The van der Waals surface area contributed by atoms with Crippen LogP contribution in [-0.4, -0.2) is 38.0 Å². The van der Waals surface area contributed by atoms with Crippen LogP contribution in [0.3, 0.4) is 0 Å². The Morgan fingerprint density at radius 1 is 1.25 bits per heavy atom. The summed E-state index contributed by atoms with van der Waals surface area (Å²) in [4.78, 5) is -0.00229. The van der Waals surface area contributed by atoms with E-state index in [1.807, 2.05) is 0 Å². The maximum atomic E-state index is 12.2. The van der Waals surface area contributed by atoms with Gasteiger partial charge in [-0.3, -0.25) is 0 Å². The van der Waals surface area contributed by atoms with E-state index in [-0.39, 0.29) is 23.0 Å². The summed E-state index contributed by atoms with van der Waals surface area (Å²) in [6.45, 7) is 0.584. The van der Waals surface area contributed by atoms with Gasteiger partial charge in [0.05, 0.1) is 11.3 Å². The molecule has 0 aromatic heterocycles. The molecule has 0 unspecified atom stereocenters. The van der Waals surface area contributed by atoms with Gasteiger partial charge in [0.15, 0.2) is 0 Å². The molecule has 0 amide bonds. The number of hydrogen-bond donors (Lipinski definition) is 1. The molecular formula is C12H15F3N2O2S. The molecule has 0 radical (unpaired) electrons. The molecule has 4 nitrogen and oxygen atoms in total. The zero-order valence-corrected chi connectivity index (χ0v) is 11.4. The highest BCUT2D eigenvalue weighted by Crippen LogP contribution is 2.24. The van der Waals surface area contributed by atoms with Crippen LogP contribution in [0.15, 0.2) is 29.2 Å². The first-order chi connectivity index (χ1) is 9.18. The van der Waals surface area contributed by atoms with E-state index in [9.17, 15) is 21.6 Å².